The molecule has 0 saturated carbocycles. The van der Waals surface area contributed by atoms with E-state index in [1.165, 1.54) is 4.57 Å². The zero-order valence-corrected chi connectivity index (χ0v) is 13.3. The predicted molar refractivity (Wildman–Crippen MR) is 83.6 cm³/mol. The van der Waals surface area contributed by atoms with Crippen molar-refractivity contribution < 1.29 is 14.7 Å². The van der Waals surface area contributed by atoms with E-state index in [9.17, 15) is 9.59 Å². The Labute approximate surface area is 130 Å². The largest absolute Gasteiger partial charge is 0.480 e. The number of nitrogens with zero attached hydrogens (tertiary/aromatic N) is 1. The lowest BCUT2D eigenvalue weighted by molar-refractivity contribution is -0.137. The van der Waals surface area contributed by atoms with Gasteiger partial charge in [0.25, 0.3) is 5.91 Å². The molecule has 2 aromatic rings. The van der Waals surface area contributed by atoms with E-state index >= 15 is 0 Å². The molecular formula is C15H15BrN2O3. The maximum absolute atomic E-state index is 12.2. The first kappa shape index (κ1) is 15.3. The van der Waals surface area contributed by atoms with Crippen LogP contribution in [0.25, 0.3) is 0 Å². The van der Waals surface area contributed by atoms with Crippen LogP contribution in [-0.4, -0.2) is 21.6 Å². The van der Waals surface area contributed by atoms with Gasteiger partial charge in [-0.25, -0.2) is 0 Å². The first-order valence-corrected chi connectivity index (χ1v) is 7.13. The van der Waals surface area contributed by atoms with Crippen LogP contribution < -0.4 is 5.32 Å². The average Bonchev–Trinajstić information content (AvgIpc) is 2.83. The molecule has 21 heavy (non-hydrogen) atoms. The molecule has 1 heterocycles. The van der Waals surface area contributed by atoms with Crippen molar-refractivity contribution in [2.45, 2.75) is 20.4 Å². The minimum absolute atomic E-state index is 0.242. The van der Waals surface area contributed by atoms with Gasteiger partial charge in [-0.3, -0.25) is 9.59 Å². The van der Waals surface area contributed by atoms with Gasteiger partial charge in [-0.1, -0.05) is 15.9 Å². The molecule has 1 amide bonds. The van der Waals surface area contributed by atoms with Gasteiger partial charge in [-0.05, 0) is 49.2 Å². The van der Waals surface area contributed by atoms with Gasteiger partial charge in [0, 0.05) is 16.4 Å². The molecule has 0 fully saturated rings. The second kappa shape index (κ2) is 6.13. The molecule has 0 bridgehead atoms. The normalized spacial score (nSPS) is 10.4. The number of hydrogen-bond donors (Lipinski definition) is 2. The predicted octanol–water partition coefficient (Wildman–Crippen LogP) is 3.20. The molecule has 2 N–H and O–H groups in total. The van der Waals surface area contributed by atoms with Gasteiger partial charge < -0.3 is 15.0 Å². The van der Waals surface area contributed by atoms with E-state index in [1.807, 2.05) is 26.0 Å². The fourth-order valence-electron chi connectivity index (χ4n) is 2.12. The van der Waals surface area contributed by atoms with E-state index in [-0.39, 0.29) is 12.5 Å². The molecule has 6 heteroatoms. The van der Waals surface area contributed by atoms with Crippen LogP contribution in [-0.2, 0) is 11.3 Å². The minimum Gasteiger partial charge on any atom is -0.480 e. The number of aliphatic carboxylic acids is 1. The fraction of sp³-hybridized carbons (Fsp3) is 0.200. The third-order valence-corrected chi connectivity index (χ3v) is 4.31. The second-order valence-electron chi connectivity index (χ2n) is 4.79. The highest BCUT2D eigenvalue weighted by molar-refractivity contribution is 9.10. The lowest BCUT2D eigenvalue weighted by Gasteiger charge is -2.11. The third kappa shape index (κ3) is 3.52. The van der Waals surface area contributed by atoms with Crippen LogP contribution in [0.5, 0.6) is 0 Å². The smallest absolute Gasteiger partial charge is 0.323 e. The number of aryl methyl sites for hydroxylation is 2. The van der Waals surface area contributed by atoms with Crippen LogP contribution in [0.15, 0.2) is 34.9 Å². The number of rotatable bonds is 4. The van der Waals surface area contributed by atoms with E-state index < -0.39 is 5.97 Å². The van der Waals surface area contributed by atoms with Crippen molar-refractivity contribution in [3.05, 3.63) is 51.8 Å². The molecule has 110 valence electrons. The quantitative estimate of drug-likeness (QED) is 0.889. The van der Waals surface area contributed by atoms with Gasteiger partial charge in [0.1, 0.15) is 12.2 Å². The van der Waals surface area contributed by atoms with E-state index in [4.69, 9.17) is 5.11 Å². The maximum Gasteiger partial charge on any atom is 0.323 e. The number of carbonyl (C=O) groups excluding carboxylic acids is 1. The van der Waals surface area contributed by atoms with E-state index in [0.717, 1.165) is 15.6 Å². The molecule has 0 saturated heterocycles. The van der Waals surface area contributed by atoms with E-state index in [0.29, 0.717) is 11.4 Å². The average molecular weight is 351 g/mol. The van der Waals surface area contributed by atoms with Gasteiger partial charge in [-0.2, -0.15) is 0 Å². The van der Waals surface area contributed by atoms with Crippen molar-refractivity contribution in [3.63, 3.8) is 0 Å². The summed E-state index contributed by atoms with van der Waals surface area (Å²) in [5.74, 6) is -1.32. The standard InChI is InChI=1S/C15H15BrN2O3/c1-9-6-11(7-10(2)14(9)16)17-15(21)12-4-3-5-18(12)8-13(19)20/h3-7H,8H2,1-2H3,(H,17,21)(H,19,20). The molecule has 0 unspecified atom stereocenters. The Morgan fingerprint density at radius 1 is 1.29 bits per heavy atom. The first-order valence-electron chi connectivity index (χ1n) is 6.33. The van der Waals surface area contributed by atoms with Crippen LogP contribution in [0, 0.1) is 13.8 Å². The number of aromatic nitrogens is 1. The molecule has 5 nitrogen and oxygen atoms in total. The Kier molecular flexibility index (Phi) is 4.47. The monoisotopic (exact) mass is 350 g/mol. The van der Waals surface area contributed by atoms with Gasteiger partial charge >= 0.3 is 5.97 Å². The zero-order valence-electron chi connectivity index (χ0n) is 11.7. The van der Waals surface area contributed by atoms with Crippen LogP contribution in [0.4, 0.5) is 5.69 Å². The number of carboxylic acids is 1. The highest BCUT2D eigenvalue weighted by Gasteiger charge is 2.13. The van der Waals surface area contributed by atoms with Gasteiger partial charge in [0.15, 0.2) is 0 Å². The van der Waals surface area contributed by atoms with E-state index in [1.54, 1.807) is 18.3 Å². The lowest BCUT2D eigenvalue weighted by atomic mass is 10.1. The summed E-state index contributed by atoms with van der Waals surface area (Å²) in [5, 5.41) is 11.6. The van der Waals surface area contributed by atoms with Crippen LogP contribution in [0.3, 0.4) is 0 Å². The molecule has 2 rings (SSSR count). The summed E-state index contributed by atoms with van der Waals surface area (Å²) in [7, 11) is 0. The SMILES string of the molecule is Cc1cc(NC(=O)c2cccn2CC(=O)O)cc(C)c1Br. The van der Waals surface area contributed by atoms with Gasteiger partial charge in [-0.15, -0.1) is 0 Å². The van der Waals surface area contributed by atoms with Crippen molar-refractivity contribution in [1.29, 1.82) is 0 Å². The van der Waals surface area contributed by atoms with Crippen molar-refractivity contribution >= 4 is 33.5 Å². The summed E-state index contributed by atoms with van der Waals surface area (Å²) in [6.45, 7) is 3.65. The molecule has 0 aliphatic heterocycles. The van der Waals surface area contributed by atoms with E-state index in [2.05, 4.69) is 21.2 Å². The Balaban J connectivity index is 2.22. The summed E-state index contributed by atoms with van der Waals surface area (Å²) < 4.78 is 2.41. The zero-order chi connectivity index (χ0) is 15.6. The summed E-state index contributed by atoms with van der Waals surface area (Å²) in [6.07, 6.45) is 1.57. The van der Waals surface area contributed by atoms with Crippen molar-refractivity contribution in [3.8, 4) is 0 Å². The topological polar surface area (TPSA) is 71.3 Å². The number of carbonyl (C=O) groups is 2. The number of benzene rings is 1. The van der Waals surface area contributed by atoms with Crippen molar-refractivity contribution in [2.24, 2.45) is 0 Å². The first-order chi connectivity index (χ1) is 9.88. The van der Waals surface area contributed by atoms with Crippen molar-refractivity contribution in [2.75, 3.05) is 5.32 Å². The molecule has 1 aromatic carbocycles. The number of carboxylic acid groups (broad SMARTS) is 1. The third-order valence-electron chi connectivity index (χ3n) is 3.06. The summed E-state index contributed by atoms with van der Waals surface area (Å²) in [6, 6.07) is 6.96. The summed E-state index contributed by atoms with van der Waals surface area (Å²) >= 11 is 3.47. The number of nitrogens with one attached hydrogen (secondary N) is 1. The Morgan fingerprint density at radius 2 is 1.90 bits per heavy atom. The highest BCUT2D eigenvalue weighted by atomic mass is 79.9. The number of amides is 1. The maximum atomic E-state index is 12.2. The fourth-order valence-corrected chi connectivity index (χ4v) is 2.35. The Bertz CT molecular complexity index is 684. The Morgan fingerprint density at radius 3 is 2.48 bits per heavy atom. The minimum atomic E-state index is -0.990. The number of anilines is 1. The lowest BCUT2D eigenvalue weighted by Crippen LogP contribution is -2.19. The van der Waals surface area contributed by atoms with Gasteiger partial charge in [0.05, 0.1) is 0 Å². The summed E-state index contributed by atoms with van der Waals surface area (Å²) in [5.41, 5.74) is 3.04. The molecule has 0 radical (unpaired) electrons. The summed E-state index contributed by atoms with van der Waals surface area (Å²) in [4.78, 5) is 23.0. The Hall–Kier alpha value is -2.08. The number of hydrogen-bond acceptors (Lipinski definition) is 2. The molecule has 0 spiro atoms. The van der Waals surface area contributed by atoms with Crippen LogP contribution >= 0.6 is 15.9 Å². The van der Waals surface area contributed by atoms with Crippen molar-refractivity contribution in [1.82, 2.24) is 4.57 Å². The molecule has 0 aliphatic carbocycles. The molecule has 0 atom stereocenters. The van der Waals surface area contributed by atoms with Crippen LogP contribution in [0.2, 0.25) is 0 Å². The van der Waals surface area contributed by atoms with Crippen LogP contribution in [0.1, 0.15) is 21.6 Å². The highest BCUT2D eigenvalue weighted by Crippen LogP contribution is 2.25. The number of halogens is 1. The van der Waals surface area contributed by atoms with Gasteiger partial charge in [0.2, 0.25) is 0 Å². The molecule has 0 aliphatic rings. The molecular weight excluding hydrogens is 336 g/mol. The molecule has 1 aromatic heterocycles. The second-order valence-corrected chi connectivity index (χ2v) is 5.59.